The number of aliphatic hydroxyl groups excluding tert-OH is 1. The van der Waals surface area contributed by atoms with Gasteiger partial charge < -0.3 is 20.1 Å². The average molecular weight is 366 g/mol. The van der Waals surface area contributed by atoms with E-state index in [0.29, 0.717) is 18.7 Å². The number of pyridine rings is 1. The molecular weight excluding hydrogens is 340 g/mol. The van der Waals surface area contributed by atoms with Gasteiger partial charge in [-0.2, -0.15) is 0 Å². The van der Waals surface area contributed by atoms with Crippen LogP contribution in [-0.4, -0.2) is 29.3 Å². The Hall–Kier alpha value is -2.63. The number of nitrogens with one attached hydrogen (secondary N) is 2. The summed E-state index contributed by atoms with van der Waals surface area (Å²) in [4.78, 5) is 15.3. The van der Waals surface area contributed by atoms with Gasteiger partial charge in [-0.1, -0.05) is 29.3 Å². The predicted molar refractivity (Wildman–Crippen MR) is 108 cm³/mol. The summed E-state index contributed by atoms with van der Waals surface area (Å²) in [7, 11) is 0. The van der Waals surface area contributed by atoms with E-state index in [1.54, 1.807) is 0 Å². The number of fused-ring (bicyclic) bond motifs is 1. The van der Waals surface area contributed by atoms with Crippen molar-refractivity contribution in [1.29, 1.82) is 0 Å². The van der Waals surface area contributed by atoms with E-state index in [1.165, 1.54) is 0 Å². The molecule has 1 atom stereocenters. The quantitative estimate of drug-likeness (QED) is 0.601. The molecule has 142 valence electrons. The lowest BCUT2D eigenvalue weighted by atomic mass is 10.1. The Morgan fingerprint density at radius 3 is 2.56 bits per heavy atom. The number of aliphatic hydroxyl groups is 1. The minimum Gasteiger partial charge on any atom is -0.491 e. The van der Waals surface area contributed by atoms with Gasteiger partial charge in [0.05, 0.1) is 5.52 Å². The zero-order valence-electron chi connectivity index (χ0n) is 16.0. The maximum absolute atomic E-state index is 12.3. The molecule has 1 aromatic heterocycles. The van der Waals surface area contributed by atoms with Gasteiger partial charge in [0.15, 0.2) is 0 Å². The zero-order valence-corrected chi connectivity index (χ0v) is 16.0. The molecule has 0 aliphatic heterocycles. The molecule has 3 aromatic rings. The van der Waals surface area contributed by atoms with Crippen molar-refractivity contribution in [1.82, 2.24) is 10.3 Å². The number of benzene rings is 2. The summed E-state index contributed by atoms with van der Waals surface area (Å²) in [5, 5.41) is 14.2. The highest BCUT2D eigenvalue weighted by atomic mass is 16.5. The third-order valence-corrected chi connectivity index (χ3v) is 4.53. The SMILES string of the molecule is Cc1ccc(OC[C@@H](O)CNCc2cc3cc(C)cc(C)c3[nH]c2=O)cc1. The highest BCUT2D eigenvalue weighted by Crippen LogP contribution is 2.18. The van der Waals surface area contributed by atoms with E-state index in [1.807, 2.05) is 51.1 Å². The molecular formula is C22H26N2O3. The van der Waals surface area contributed by atoms with E-state index in [2.05, 4.69) is 22.4 Å². The number of aromatic amines is 1. The molecule has 1 heterocycles. The number of hydrogen-bond donors (Lipinski definition) is 3. The van der Waals surface area contributed by atoms with Crippen LogP contribution in [0.5, 0.6) is 5.75 Å². The average Bonchev–Trinajstić information content (AvgIpc) is 2.62. The highest BCUT2D eigenvalue weighted by Gasteiger charge is 2.08. The van der Waals surface area contributed by atoms with Crippen LogP contribution >= 0.6 is 0 Å². The molecule has 5 heteroatoms. The molecule has 0 aliphatic rings. The van der Waals surface area contributed by atoms with E-state index in [9.17, 15) is 9.90 Å². The van der Waals surface area contributed by atoms with Crippen molar-refractivity contribution >= 4 is 10.9 Å². The van der Waals surface area contributed by atoms with Crippen LogP contribution in [0.2, 0.25) is 0 Å². The zero-order chi connectivity index (χ0) is 19.4. The van der Waals surface area contributed by atoms with Crippen LogP contribution in [0.4, 0.5) is 0 Å². The Balaban J connectivity index is 1.56. The van der Waals surface area contributed by atoms with Crippen molar-refractivity contribution < 1.29 is 9.84 Å². The largest absolute Gasteiger partial charge is 0.491 e. The fourth-order valence-electron chi connectivity index (χ4n) is 3.12. The molecule has 5 nitrogen and oxygen atoms in total. The number of ether oxygens (including phenoxy) is 1. The van der Waals surface area contributed by atoms with E-state index in [4.69, 9.17) is 4.74 Å². The highest BCUT2D eigenvalue weighted by molar-refractivity contribution is 5.82. The molecule has 2 aromatic carbocycles. The lowest BCUT2D eigenvalue weighted by Crippen LogP contribution is -2.32. The van der Waals surface area contributed by atoms with Gasteiger partial charge in [0.1, 0.15) is 18.5 Å². The summed E-state index contributed by atoms with van der Waals surface area (Å²) in [6, 6.07) is 13.7. The maximum Gasteiger partial charge on any atom is 0.252 e. The van der Waals surface area contributed by atoms with Crippen LogP contribution in [0.25, 0.3) is 10.9 Å². The fourth-order valence-corrected chi connectivity index (χ4v) is 3.12. The van der Waals surface area contributed by atoms with E-state index < -0.39 is 6.10 Å². The van der Waals surface area contributed by atoms with Crippen LogP contribution in [0.3, 0.4) is 0 Å². The van der Waals surface area contributed by atoms with Crippen LogP contribution in [0.15, 0.2) is 47.3 Å². The second-order valence-corrected chi connectivity index (χ2v) is 7.08. The molecule has 27 heavy (non-hydrogen) atoms. The van der Waals surface area contributed by atoms with E-state index >= 15 is 0 Å². The number of hydrogen-bond acceptors (Lipinski definition) is 4. The van der Waals surface area contributed by atoms with Crippen molar-refractivity contribution in [2.75, 3.05) is 13.2 Å². The summed E-state index contributed by atoms with van der Waals surface area (Å²) in [5.74, 6) is 0.733. The van der Waals surface area contributed by atoms with Gasteiger partial charge in [-0.3, -0.25) is 4.79 Å². The van der Waals surface area contributed by atoms with Crippen molar-refractivity contribution in [3.05, 3.63) is 75.1 Å². The summed E-state index contributed by atoms with van der Waals surface area (Å²) < 4.78 is 5.58. The minimum absolute atomic E-state index is 0.104. The van der Waals surface area contributed by atoms with Crippen LogP contribution < -0.4 is 15.6 Å². The van der Waals surface area contributed by atoms with E-state index in [0.717, 1.165) is 33.3 Å². The van der Waals surface area contributed by atoms with Crippen molar-refractivity contribution in [3.63, 3.8) is 0 Å². The van der Waals surface area contributed by atoms with Gasteiger partial charge in [-0.25, -0.2) is 0 Å². The molecule has 0 aliphatic carbocycles. The van der Waals surface area contributed by atoms with Gasteiger partial charge >= 0.3 is 0 Å². The van der Waals surface area contributed by atoms with Crippen LogP contribution in [-0.2, 0) is 6.54 Å². The molecule has 0 saturated heterocycles. The monoisotopic (exact) mass is 366 g/mol. The molecule has 0 saturated carbocycles. The number of H-pyrrole nitrogens is 1. The summed E-state index contributed by atoms with van der Waals surface area (Å²) in [6.45, 7) is 6.98. The van der Waals surface area contributed by atoms with Gasteiger partial charge in [0, 0.05) is 18.7 Å². The molecule has 3 rings (SSSR count). The summed E-state index contributed by atoms with van der Waals surface area (Å²) in [6.07, 6.45) is -0.657. The Morgan fingerprint density at radius 2 is 1.81 bits per heavy atom. The molecule has 3 N–H and O–H groups in total. The minimum atomic E-state index is -0.657. The standard InChI is InChI=1S/C22H26N2O3/c1-14-4-6-20(7-5-14)27-13-19(25)12-23-11-18-10-17-9-15(2)8-16(3)21(17)24-22(18)26/h4-10,19,23,25H,11-13H2,1-3H3,(H,24,26)/t19-/m0/s1. The van der Waals surface area contributed by atoms with E-state index in [-0.39, 0.29) is 12.2 Å². The number of rotatable bonds is 7. The van der Waals surface area contributed by atoms with Gasteiger partial charge in [-0.15, -0.1) is 0 Å². The molecule has 0 spiro atoms. The van der Waals surface area contributed by atoms with Gasteiger partial charge in [-0.05, 0) is 56.0 Å². The Bertz CT molecular complexity index is 977. The Kier molecular flexibility index (Phi) is 5.94. The first-order chi connectivity index (χ1) is 12.9. The smallest absolute Gasteiger partial charge is 0.252 e. The first-order valence-electron chi connectivity index (χ1n) is 9.14. The molecule has 0 bridgehead atoms. The lowest BCUT2D eigenvalue weighted by molar-refractivity contribution is 0.106. The van der Waals surface area contributed by atoms with Gasteiger partial charge in [0.25, 0.3) is 5.56 Å². The fraction of sp³-hybridized carbons (Fsp3) is 0.318. The Morgan fingerprint density at radius 1 is 1.07 bits per heavy atom. The first kappa shape index (κ1) is 19.1. The van der Waals surface area contributed by atoms with Crippen LogP contribution in [0, 0.1) is 20.8 Å². The lowest BCUT2D eigenvalue weighted by Gasteiger charge is -2.13. The molecule has 0 amide bonds. The van der Waals surface area contributed by atoms with Crippen molar-refractivity contribution in [2.24, 2.45) is 0 Å². The van der Waals surface area contributed by atoms with Crippen molar-refractivity contribution in [2.45, 2.75) is 33.4 Å². The van der Waals surface area contributed by atoms with Gasteiger partial charge in [0.2, 0.25) is 0 Å². The normalized spacial score (nSPS) is 12.3. The summed E-state index contributed by atoms with van der Waals surface area (Å²) >= 11 is 0. The first-order valence-corrected chi connectivity index (χ1v) is 9.14. The third kappa shape index (κ3) is 4.96. The second kappa shape index (κ2) is 8.37. The molecule has 0 unspecified atom stereocenters. The van der Waals surface area contributed by atoms with Crippen LogP contribution in [0.1, 0.15) is 22.3 Å². The summed E-state index contributed by atoms with van der Waals surface area (Å²) in [5.41, 5.74) is 4.81. The number of aromatic nitrogens is 1. The number of aryl methyl sites for hydroxylation is 3. The second-order valence-electron chi connectivity index (χ2n) is 7.08. The third-order valence-electron chi connectivity index (χ3n) is 4.53. The molecule has 0 fully saturated rings. The predicted octanol–water partition coefficient (Wildman–Crippen LogP) is 2.98. The maximum atomic E-state index is 12.3. The van der Waals surface area contributed by atoms with Crippen molar-refractivity contribution in [3.8, 4) is 5.75 Å². The Labute approximate surface area is 159 Å². The topological polar surface area (TPSA) is 74.3 Å². The molecule has 0 radical (unpaired) electrons.